The van der Waals surface area contributed by atoms with Crippen LogP contribution in [-0.4, -0.2) is 21.0 Å². The Balaban J connectivity index is 2.76. The molecule has 0 aromatic heterocycles. The fourth-order valence-corrected chi connectivity index (χ4v) is 2.80. The van der Waals surface area contributed by atoms with Crippen LogP contribution in [-0.2, 0) is 4.79 Å². The second-order valence-electron chi connectivity index (χ2n) is 4.45. The van der Waals surface area contributed by atoms with Crippen LogP contribution in [0.5, 0.6) is 0 Å². The van der Waals surface area contributed by atoms with Gasteiger partial charge in [0.05, 0.1) is 0 Å². The van der Waals surface area contributed by atoms with Crippen LogP contribution < -0.4 is 0 Å². The average Bonchev–Trinajstić information content (AvgIpc) is 2.36. The topological polar surface area (TPSA) is 17.1 Å². The summed E-state index contributed by atoms with van der Waals surface area (Å²) in [6, 6.07) is 7.93. The van der Waals surface area contributed by atoms with E-state index in [0.717, 1.165) is 11.1 Å². The monoisotopic (exact) mass is 310 g/mol. The van der Waals surface area contributed by atoms with Gasteiger partial charge in [0.2, 0.25) is 5.12 Å². The van der Waals surface area contributed by atoms with E-state index in [1.165, 1.54) is 11.8 Å². The van der Waals surface area contributed by atoms with Gasteiger partial charge in [0, 0.05) is 21.4 Å². The summed E-state index contributed by atoms with van der Waals surface area (Å²) in [5.41, 5.74) is 2.82. The summed E-state index contributed by atoms with van der Waals surface area (Å²) in [4.78, 5) is 12.6. The average molecular weight is 311 g/mol. The number of aryl methyl sites for hydroxylation is 1. The quantitative estimate of drug-likeness (QED) is 0.379. The number of hydrogen-bond donors (Lipinski definition) is 1. The summed E-state index contributed by atoms with van der Waals surface area (Å²) in [5.74, 6) is 0.713. The van der Waals surface area contributed by atoms with Crippen LogP contribution in [0, 0.1) is 6.92 Å². The lowest BCUT2D eigenvalue weighted by atomic mass is 10.0. The first-order valence-corrected chi connectivity index (χ1v) is 7.96. The van der Waals surface area contributed by atoms with Crippen molar-refractivity contribution in [1.82, 2.24) is 0 Å². The van der Waals surface area contributed by atoms with Crippen LogP contribution >= 0.6 is 36.6 Å². The van der Waals surface area contributed by atoms with Crippen LogP contribution in [0.3, 0.4) is 0 Å². The van der Waals surface area contributed by atoms with E-state index in [9.17, 15) is 4.79 Å². The highest BCUT2D eigenvalue weighted by atomic mass is 32.2. The van der Waals surface area contributed by atoms with Gasteiger partial charge in [-0.3, -0.25) is 4.79 Å². The molecule has 19 heavy (non-hydrogen) atoms. The number of allylic oxidation sites excluding steroid dienone is 1. The lowest BCUT2D eigenvalue weighted by Crippen LogP contribution is -2.04. The van der Waals surface area contributed by atoms with Crippen LogP contribution in [0.1, 0.15) is 25.0 Å². The number of carbonyl (C=O) groups is 1. The zero-order valence-electron chi connectivity index (χ0n) is 11.3. The Bertz CT molecular complexity index is 504. The van der Waals surface area contributed by atoms with Crippen molar-refractivity contribution in [2.45, 2.75) is 26.0 Å². The molecule has 1 atom stereocenters. The molecule has 0 radical (unpaired) electrons. The summed E-state index contributed by atoms with van der Waals surface area (Å²) < 4.78 is 0. The minimum atomic E-state index is 0.0665. The Morgan fingerprint density at radius 3 is 2.68 bits per heavy atom. The molecule has 1 rings (SSSR count). The third-order valence-electron chi connectivity index (χ3n) is 2.54. The predicted molar refractivity (Wildman–Crippen MR) is 92.5 cm³/mol. The van der Waals surface area contributed by atoms with E-state index in [4.69, 9.17) is 12.2 Å². The zero-order valence-corrected chi connectivity index (χ0v) is 13.9. The Labute approximate surface area is 130 Å². The minimum Gasteiger partial charge on any atom is -0.282 e. The molecule has 0 fully saturated rings. The maximum absolute atomic E-state index is 11.9. The minimum absolute atomic E-state index is 0.0665. The highest BCUT2D eigenvalue weighted by Crippen LogP contribution is 2.16. The van der Waals surface area contributed by atoms with Crippen molar-refractivity contribution in [3.05, 3.63) is 47.0 Å². The molecule has 1 nitrogen and oxygen atoms in total. The van der Waals surface area contributed by atoms with E-state index in [1.54, 1.807) is 6.08 Å². The maximum Gasteiger partial charge on any atom is 0.215 e. The standard InChI is InChI=1S/C15H18OS3/c1-10-6-4-5-7-13(10)14(18)8-11(2)15(16)19-9-12(3)17/h4-8,12,17H,9H2,1-3H3/b11-8+. The van der Waals surface area contributed by atoms with Crippen molar-refractivity contribution in [1.29, 1.82) is 0 Å². The highest BCUT2D eigenvalue weighted by Gasteiger charge is 2.09. The molecule has 0 N–H and O–H groups in total. The zero-order chi connectivity index (χ0) is 14.4. The van der Waals surface area contributed by atoms with Gasteiger partial charge in [0.15, 0.2) is 0 Å². The molecule has 1 aromatic rings. The Hall–Kier alpha value is -0.580. The lowest BCUT2D eigenvalue weighted by Gasteiger charge is -2.06. The third kappa shape index (κ3) is 5.51. The summed E-state index contributed by atoms with van der Waals surface area (Å²) in [6.45, 7) is 5.80. The highest BCUT2D eigenvalue weighted by molar-refractivity contribution is 8.14. The van der Waals surface area contributed by atoms with Crippen LogP contribution in [0.15, 0.2) is 35.9 Å². The van der Waals surface area contributed by atoms with E-state index < -0.39 is 0 Å². The summed E-state index contributed by atoms with van der Waals surface area (Å²) in [6.07, 6.45) is 1.79. The molecule has 0 bridgehead atoms. The molecule has 0 aliphatic carbocycles. The Kier molecular flexibility index (Phi) is 6.83. The largest absolute Gasteiger partial charge is 0.282 e. The Morgan fingerprint density at radius 2 is 2.11 bits per heavy atom. The van der Waals surface area contributed by atoms with Crippen LogP contribution in [0.4, 0.5) is 0 Å². The molecular weight excluding hydrogens is 292 g/mol. The van der Waals surface area contributed by atoms with Gasteiger partial charge >= 0.3 is 0 Å². The molecule has 4 heteroatoms. The molecule has 0 saturated heterocycles. The van der Waals surface area contributed by atoms with Crippen LogP contribution in [0.25, 0.3) is 0 Å². The first-order chi connectivity index (χ1) is 8.91. The number of hydrogen-bond acceptors (Lipinski definition) is 4. The lowest BCUT2D eigenvalue weighted by molar-refractivity contribution is -0.107. The molecule has 0 aliphatic heterocycles. The fraction of sp³-hybridized carbons (Fsp3) is 0.333. The summed E-state index contributed by atoms with van der Waals surface area (Å²) in [5, 5.41) is 0.280. The summed E-state index contributed by atoms with van der Waals surface area (Å²) >= 11 is 10.9. The van der Waals surface area contributed by atoms with E-state index in [-0.39, 0.29) is 10.4 Å². The molecule has 0 amide bonds. The molecular formula is C15H18OS3. The molecule has 0 aliphatic rings. The van der Waals surface area contributed by atoms with Crippen molar-refractivity contribution in [2.24, 2.45) is 0 Å². The van der Waals surface area contributed by atoms with Gasteiger partial charge in [-0.25, -0.2) is 0 Å². The van der Waals surface area contributed by atoms with Crippen molar-refractivity contribution in [3.8, 4) is 0 Å². The molecule has 0 saturated carbocycles. The van der Waals surface area contributed by atoms with Gasteiger partial charge in [0.25, 0.3) is 0 Å². The van der Waals surface area contributed by atoms with Gasteiger partial charge in [-0.05, 0) is 31.1 Å². The second-order valence-corrected chi connectivity index (χ2v) is 6.77. The van der Waals surface area contributed by atoms with Crippen molar-refractivity contribution < 1.29 is 4.79 Å². The second kappa shape index (κ2) is 7.88. The van der Waals surface area contributed by atoms with E-state index in [2.05, 4.69) is 12.6 Å². The Morgan fingerprint density at radius 1 is 1.47 bits per heavy atom. The van der Waals surface area contributed by atoms with Crippen LogP contribution in [0.2, 0.25) is 0 Å². The third-order valence-corrected chi connectivity index (χ3v) is 4.55. The number of thiol groups is 1. The molecule has 0 heterocycles. The smallest absolute Gasteiger partial charge is 0.215 e. The van der Waals surface area contributed by atoms with Gasteiger partial charge in [-0.15, -0.1) is 0 Å². The number of carbonyl (C=O) groups excluding carboxylic acids is 1. The molecule has 0 spiro atoms. The van der Waals surface area contributed by atoms with E-state index in [1.807, 2.05) is 45.0 Å². The first kappa shape index (κ1) is 16.5. The van der Waals surface area contributed by atoms with Crippen molar-refractivity contribution in [2.75, 3.05) is 5.75 Å². The van der Waals surface area contributed by atoms with Gasteiger partial charge in [0.1, 0.15) is 0 Å². The molecule has 102 valence electrons. The number of rotatable bonds is 5. The maximum atomic E-state index is 11.9. The molecule has 1 unspecified atom stereocenters. The number of thioether (sulfide) groups is 1. The normalized spacial score (nSPS) is 13.2. The van der Waals surface area contributed by atoms with Crippen molar-refractivity contribution >= 4 is 46.6 Å². The molecule has 1 aromatic carbocycles. The van der Waals surface area contributed by atoms with E-state index >= 15 is 0 Å². The van der Waals surface area contributed by atoms with Gasteiger partial charge in [-0.1, -0.05) is 55.2 Å². The van der Waals surface area contributed by atoms with Gasteiger partial charge in [-0.2, -0.15) is 12.6 Å². The predicted octanol–water partition coefficient (Wildman–Crippen LogP) is 4.24. The number of benzene rings is 1. The van der Waals surface area contributed by atoms with Crippen molar-refractivity contribution in [3.63, 3.8) is 0 Å². The van der Waals surface area contributed by atoms with E-state index in [0.29, 0.717) is 16.2 Å². The fourth-order valence-electron chi connectivity index (χ4n) is 1.49. The van der Waals surface area contributed by atoms with Gasteiger partial charge < -0.3 is 0 Å². The first-order valence-electron chi connectivity index (χ1n) is 6.05. The number of thiocarbonyl (C=S) groups is 1. The summed E-state index contributed by atoms with van der Waals surface area (Å²) in [7, 11) is 0. The SMILES string of the molecule is C/C(=C\C(=S)c1ccccc1C)C(=O)SCC(C)S.